The summed E-state index contributed by atoms with van der Waals surface area (Å²) in [6.07, 6.45) is 3.07. The van der Waals surface area contributed by atoms with Gasteiger partial charge in [0.05, 0.1) is 4.92 Å². The molecule has 0 aromatic heterocycles. The zero-order chi connectivity index (χ0) is 15.1. The Morgan fingerprint density at radius 2 is 2.20 bits per heavy atom. The monoisotopic (exact) mass is 297 g/mol. The number of anilines is 2. The van der Waals surface area contributed by atoms with Crippen LogP contribution in [0.4, 0.5) is 17.1 Å². The molecule has 0 aliphatic carbocycles. The minimum absolute atomic E-state index is 0.160. The predicted molar refractivity (Wildman–Crippen MR) is 88.1 cm³/mol. The summed E-state index contributed by atoms with van der Waals surface area (Å²) in [6.45, 7) is 4.69. The largest absolute Gasteiger partial charge is 0.380 e. The molecule has 1 atom stereocenters. The van der Waals surface area contributed by atoms with Crippen LogP contribution in [0.3, 0.4) is 0 Å². The third-order valence-corrected chi connectivity index (χ3v) is 3.99. The summed E-state index contributed by atoms with van der Waals surface area (Å²) in [5.74, 6) is 1.05. The van der Waals surface area contributed by atoms with Crippen LogP contribution >= 0.6 is 11.8 Å². The summed E-state index contributed by atoms with van der Waals surface area (Å²) in [6, 6.07) is 5.69. The Balaban J connectivity index is 3.09. The van der Waals surface area contributed by atoms with Crippen LogP contribution in [0.1, 0.15) is 20.3 Å². The lowest BCUT2D eigenvalue weighted by Crippen LogP contribution is -2.30. The van der Waals surface area contributed by atoms with Crippen molar-refractivity contribution in [1.82, 2.24) is 0 Å². The molecule has 0 spiro atoms. The quantitative estimate of drug-likeness (QED) is 0.587. The van der Waals surface area contributed by atoms with E-state index in [1.165, 1.54) is 0 Å². The Morgan fingerprint density at radius 1 is 1.50 bits per heavy atom. The second kappa shape index (κ2) is 7.99. The highest BCUT2D eigenvalue weighted by Crippen LogP contribution is 2.36. The van der Waals surface area contributed by atoms with Crippen molar-refractivity contribution in [2.24, 2.45) is 0 Å². The van der Waals surface area contributed by atoms with Gasteiger partial charge in [0.2, 0.25) is 0 Å². The van der Waals surface area contributed by atoms with Crippen molar-refractivity contribution >= 4 is 28.8 Å². The summed E-state index contributed by atoms with van der Waals surface area (Å²) >= 11 is 1.79. The van der Waals surface area contributed by atoms with Crippen LogP contribution in [0.5, 0.6) is 0 Å². The molecule has 6 heteroatoms. The lowest BCUT2D eigenvalue weighted by Gasteiger charge is -2.27. The van der Waals surface area contributed by atoms with Crippen molar-refractivity contribution in [3.63, 3.8) is 0 Å². The zero-order valence-electron chi connectivity index (χ0n) is 12.5. The summed E-state index contributed by atoms with van der Waals surface area (Å²) in [5.41, 5.74) is 1.41. The molecule has 20 heavy (non-hydrogen) atoms. The molecule has 1 unspecified atom stereocenters. The summed E-state index contributed by atoms with van der Waals surface area (Å²) in [4.78, 5) is 13.1. The molecule has 1 rings (SSSR count). The molecule has 0 fully saturated rings. The smallest absolute Gasteiger partial charge is 0.315 e. The van der Waals surface area contributed by atoms with Gasteiger partial charge < -0.3 is 10.2 Å². The van der Waals surface area contributed by atoms with Crippen LogP contribution in [-0.4, -0.2) is 36.6 Å². The van der Waals surface area contributed by atoms with Crippen molar-refractivity contribution < 1.29 is 4.92 Å². The van der Waals surface area contributed by atoms with Gasteiger partial charge in [-0.3, -0.25) is 10.1 Å². The van der Waals surface area contributed by atoms with Crippen LogP contribution in [-0.2, 0) is 0 Å². The Labute approximate surface area is 124 Å². The first-order chi connectivity index (χ1) is 9.52. The fourth-order valence-electron chi connectivity index (χ4n) is 2.06. The highest BCUT2D eigenvalue weighted by molar-refractivity contribution is 7.98. The first-order valence-electron chi connectivity index (χ1n) is 6.75. The van der Waals surface area contributed by atoms with Gasteiger partial charge in [0.25, 0.3) is 0 Å². The van der Waals surface area contributed by atoms with E-state index in [0.717, 1.165) is 12.2 Å². The molecular weight excluding hydrogens is 274 g/mol. The lowest BCUT2D eigenvalue weighted by molar-refractivity contribution is -0.383. The Hall–Kier alpha value is -1.43. The summed E-state index contributed by atoms with van der Waals surface area (Å²) in [5, 5.41) is 14.5. The number of benzene rings is 1. The van der Waals surface area contributed by atoms with E-state index in [1.54, 1.807) is 17.8 Å². The van der Waals surface area contributed by atoms with E-state index in [-0.39, 0.29) is 16.7 Å². The number of nitrogens with zero attached hydrogens (tertiary/aromatic N) is 2. The molecule has 0 aliphatic rings. The number of nitro groups is 1. The molecule has 0 saturated carbocycles. The van der Waals surface area contributed by atoms with E-state index in [0.29, 0.717) is 17.9 Å². The standard InChI is InChI=1S/C14H23N3O2S/c1-5-15-12-7-6-8-13(14(12)17(18)19)16(3)11(2)9-10-20-4/h6-8,11,15H,5,9-10H2,1-4H3. The predicted octanol–water partition coefficient (Wildman–Crippen LogP) is 3.60. The molecule has 112 valence electrons. The molecule has 0 heterocycles. The Kier molecular flexibility index (Phi) is 6.64. The molecular formula is C14H23N3O2S. The van der Waals surface area contributed by atoms with Gasteiger partial charge in [-0.1, -0.05) is 6.07 Å². The Morgan fingerprint density at radius 3 is 2.75 bits per heavy atom. The molecule has 0 radical (unpaired) electrons. The number of rotatable bonds is 8. The van der Waals surface area contributed by atoms with E-state index in [9.17, 15) is 10.1 Å². The number of nitro benzene ring substituents is 1. The number of para-hydroxylation sites is 1. The van der Waals surface area contributed by atoms with Crippen molar-refractivity contribution in [2.75, 3.05) is 35.8 Å². The van der Waals surface area contributed by atoms with Crippen LogP contribution in [0.15, 0.2) is 18.2 Å². The fourth-order valence-corrected chi connectivity index (χ4v) is 2.64. The Bertz CT molecular complexity index is 454. The molecule has 1 aromatic rings. The lowest BCUT2D eigenvalue weighted by atomic mass is 10.1. The average molecular weight is 297 g/mol. The fraction of sp³-hybridized carbons (Fsp3) is 0.571. The number of nitrogens with one attached hydrogen (secondary N) is 1. The van der Waals surface area contributed by atoms with E-state index in [1.807, 2.05) is 31.0 Å². The van der Waals surface area contributed by atoms with Crippen molar-refractivity contribution in [1.29, 1.82) is 0 Å². The van der Waals surface area contributed by atoms with Gasteiger partial charge in [-0.05, 0) is 44.4 Å². The van der Waals surface area contributed by atoms with Crippen LogP contribution in [0.25, 0.3) is 0 Å². The number of hydrogen-bond acceptors (Lipinski definition) is 5. The minimum atomic E-state index is -0.300. The van der Waals surface area contributed by atoms with Crippen LogP contribution in [0.2, 0.25) is 0 Å². The third-order valence-electron chi connectivity index (χ3n) is 3.35. The maximum atomic E-state index is 11.4. The van der Waals surface area contributed by atoms with E-state index in [4.69, 9.17) is 0 Å². The first kappa shape index (κ1) is 16.6. The first-order valence-corrected chi connectivity index (χ1v) is 8.15. The maximum absolute atomic E-state index is 11.4. The third kappa shape index (κ3) is 4.03. The molecule has 5 nitrogen and oxygen atoms in total. The minimum Gasteiger partial charge on any atom is -0.380 e. The second-order valence-corrected chi connectivity index (χ2v) is 5.69. The second-order valence-electron chi connectivity index (χ2n) is 4.70. The van der Waals surface area contributed by atoms with Gasteiger partial charge in [-0.2, -0.15) is 11.8 Å². The van der Waals surface area contributed by atoms with Gasteiger partial charge in [0, 0.05) is 19.6 Å². The van der Waals surface area contributed by atoms with Gasteiger partial charge in [0.1, 0.15) is 11.4 Å². The van der Waals surface area contributed by atoms with E-state index < -0.39 is 0 Å². The SMILES string of the molecule is CCNc1cccc(N(C)C(C)CCSC)c1[N+](=O)[O-]. The molecule has 0 saturated heterocycles. The van der Waals surface area contributed by atoms with Crippen molar-refractivity contribution in [2.45, 2.75) is 26.3 Å². The van der Waals surface area contributed by atoms with Crippen LogP contribution in [0, 0.1) is 10.1 Å². The summed E-state index contributed by atoms with van der Waals surface area (Å²) < 4.78 is 0. The molecule has 0 bridgehead atoms. The van der Waals surface area contributed by atoms with Gasteiger partial charge in [0.15, 0.2) is 0 Å². The van der Waals surface area contributed by atoms with Crippen molar-refractivity contribution in [3.05, 3.63) is 28.3 Å². The van der Waals surface area contributed by atoms with Gasteiger partial charge in [-0.25, -0.2) is 0 Å². The summed E-state index contributed by atoms with van der Waals surface area (Å²) in [7, 11) is 1.92. The van der Waals surface area contributed by atoms with E-state index in [2.05, 4.69) is 18.5 Å². The van der Waals surface area contributed by atoms with Gasteiger partial charge in [-0.15, -0.1) is 0 Å². The number of hydrogen-bond donors (Lipinski definition) is 1. The normalized spacial score (nSPS) is 12.0. The van der Waals surface area contributed by atoms with E-state index >= 15 is 0 Å². The van der Waals surface area contributed by atoms with Crippen molar-refractivity contribution in [3.8, 4) is 0 Å². The molecule has 1 aromatic carbocycles. The highest BCUT2D eigenvalue weighted by atomic mass is 32.2. The molecule has 0 aliphatic heterocycles. The molecule has 0 amide bonds. The highest BCUT2D eigenvalue weighted by Gasteiger charge is 2.24. The molecule has 1 N–H and O–H groups in total. The topological polar surface area (TPSA) is 58.4 Å². The zero-order valence-corrected chi connectivity index (χ0v) is 13.4. The van der Waals surface area contributed by atoms with Crippen LogP contribution < -0.4 is 10.2 Å². The maximum Gasteiger partial charge on any atom is 0.315 e. The van der Waals surface area contributed by atoms with Gasteiger partial charge >= 0.3 is 5.69 Å². The number of thioether (sulfide) groups is 1. The average Bonchev–Trinajstić information content (AvgIpc) is 2.43.